The van der Waals surface area contributed by atoms with Gasteiger partial charge in [-0.05, 0) is 40.2 Å². The zero-order valence-electron chi connectivity index (χ0n) is 12.8. The minimum Gasteiger partial charge on any atom is -0.207 e. The van der Waals surface area contributed by atoms with Crippen molar-refractivity contribution in [2.24, 2.45) is 0 Å². The Balaban J connectivity index is 1.77. The Morgan fingerprint density at radius 1 is 0.880 bits per heavy atom. The van der Waals surface area contributed by atoms with E-state index in [4.69, 9.17) is 0 Å². The summed E-state index contributed by atoms with van der Waals surface area (Å²) in [6.07, 6.45) is 0. The number of nitrogens with zero attached hydrogens (tertiary/aromatic N) is 2. The highest BCUT2D eigenvalue weighted by molar-refractivity contribution is 9.11. The number of halogens is 2. The molecule has 0 spiro atoms. The molecular weight excluding hydrogens is 455 g/mol. The summed E-state index contributed by atoms with van der Waals surface area (Å²) in [5.41, 5.74) is 0. The Morgan fingerprint density at radius 2 is 1.44 bits per heavy atom. The van der Waals surface area contributed by atoms with Crippen molar-refractivity contribution in [2.75, 3.05) is 26.2 Å². The normalized spacial score (nSPS) is 17.7. The van der Waals surface area contributed by atoms with Gasteiger partial charge in [-0.3, -0.25) is 0 Å². The van der Waals surface area contributed by atoms with Gasteiger partial charge in [0.05, 0.1) is 3.79 Å². The fourth-order valence-corrected chi connectivity index (χ4v) is 7.58. The molecule has 1 fully saturated rings. The molecular formula is C14H14BrFN2O4S3. The summed E-state index contributed by atoms with van der Waals surface area (Å²) in [4.78, 5) is -0.395. The monoisotopic (exact) mass is 468 g/mol. The van der Waals surface area contributed by atoms with Crippen LogP contribution in [0.15, 0.2) is 49.3 Å². The maximum atomic E-state index is 13.8. The Bertz CT molecular complexity index is 983. The van der Waals surface area contributed by atoms with Crippen molar-refractivity contribution in [3.05, 3.63) is 46.0 Å². The second-order valence-corrected chi connectivity index (χ2v) is 11.8. The molecule has 1 aromatic heterocycles. The Morgan fingerprint density at radius 3 is 1.96 bits per heavy atom. The van der Waals surface area contributed by atoms with Crippen LogP contribution in [0.4, 0.5) is 4.39 Å². The van der Waals surface area contributed by atoms with Gasteiger partial charge in [0.25, 0.3) is 10.0 Å². The molecule has 0 amide bonds. The minimum atomic E-state index is -3.99. The van der Waals surface area contributed by atoms with Crippen molar-refractivity contribution in [3.8, 4) is 0 Å². The molecule has 2 aromatic rings. The van der Waals surface area contributed by atoms with Crippen LogP contribution in [0.5, 0.6) is 0 Å². The smallest absolute Gasteiger partial charge is 0.207 e. The highest BCUT2D eigenvalue weighted by atomic mass is 79.9. The van der Waals surface area contributed by atoms with Gasteiger partial charge in [-0.1, -0.05) is 12.1 Å². The zero-order valence-corrected chi connectivity index (χ0v) is 16.8. The van der Waals surface area contributed by atoms with E-state index in [1.54, 1.807) is 6.07 Å². The lowest BCUT2D eigenvalue weighted by atomic mass is 10.3. The molecule has 1 aliphatic rings. The average molecular weight is 469 g/mol. The molecule has 0 atom stereocenters. The summed E-state index contributed by atoms with van der Waals surface area (Å²) >= 11 is 4.33. The molecule has 25 heavy (non-hydrogen) atoms. The Labute approximate surface area is 158 Å². The van der Waals surface area contributed by atoms with Crippen molar-refractivity contribution in [2.45, 2.75) is 9.10 Å². The van der Waals surface area contributed by atoms with Gasteiger partial charge < -0.3 is 0 Å². The van der Waals surface area contributed by atoms with Gasteiger partial charge in [0.1, 0.15) is 14.9 Å². The SMILES string of the molecule is O=S(=O)(c1ccc(Br)s1)N1CCN(S(=O)(=O)c2ccccc2F)CC1. The molecule has 3 rings (SSSR count). The van der Waals surface area contributed by atoms with E-state index < -0.39 is 30.8 Å². The third-order valence-electron chi connectivity index (χ3n) is 3.79. The van der Waals surface area contributed by atoms with Crippen molar-refractivity contribution >= 4 is 47.3 Å². The fourth-order valence-electron chi connectivity index (χ4n) is 2.51. The molecule has 1 saturated heterocycles. The van der Waals surface area contributed by atoms with Crippen LogP contribution in [0.1, 0.15) is 0 Å². The van der Waals surface area contributed by atoms with Crippen molar-refractivity contribution in [1.29, 1.82) is 0 Å². The third kappa shape index (κ3) is 3.67. The molecule has 0 bridgehead atoms. The Kier molecular flexibility index (Phi) is 5.33. The number of piperazine rings is 1. The number of thiophene rings is 1. The predicted molar refractivity (Wildman–Crippen MR) is 95.9 cm³/mol. The van der Waals surface area contributed by atoms with E-state index >= 15 is 0 Å². The fraction of sp³-hybridized carbons (Fsp3) is 0.286. The third-order valence-corrected chi connectivity index (χ3v) is 9.72. The molecule has 0 N–H and O–H groups in total. The number of hydrogen-bond donors (Lipinski definition) is 0. The minimum absolute atomic E-state index is 0.0194. The molecule has 0 aliphatic carbocycles. The lowest BCUT2D eigenvalue weighted by Crippen LogP contribution is -2.50. The van der Waals surface area contributed by atoms with E-state index in [1.165, 1.54) is 28.6 Å². The van der Waals surface area contributed by atoms with Crippen LogP contribution in [-0.4, -0.2) is 51.6 Å². The standard InChI is InChI=1S/C14H14BrFN2O4S3/c15-13-5-6-14(23-13)25(21,22)18-9-7-17(8-10-18)24(19,20)12-4-2-1-3-11(12)16/h1-6H,7-10H2. The van der Waals surface area contributed by atoms with Crippen LogP contribution in [0.2, 0.25) is 0 Å². The first-order chi connectivity index (χ1) is 11.7. The molecule has 0 unspecified atom stereocenters. The predicted octanol–water partition coefficient (Wildman–Crippen LogP) is 2.34. The zero-order chi connectivity index (χ0) is 18.2. The van der Waals surface area contributed by atoms with Crippen LogP contribution >= 0.6 is 27.3 Å². The second kappa shape index (κ2) is 7.05. The summed E-state index contributed by atoms with van der Waals surface area (Å²) < 4.78 is 67.3. The summed E-state index contributed by atoms with van der Waals surface area (Å²) in [5.74, 6) is -0.819. The first-order valence-corrected chi connectivity index (χ1v) is 11.7. The largest absolute Gasteiger partial charge is 0.252 e. The van der Waals surface area contributed by atoms with E-state index in [1.807, 2.05) is 0 Å². The van der Waals surface area contributed by atoms with E-state index in [9.17, 15) is 21.2 Å². The summed E-state index contributed by atoms with van der Waals surface area (Å²) in [5, 5.41) is 0. The van der Waals surface area contributed by atoms with Gasteiger partial charge in [-0.15, -0.1) is 11.3 Å². The van der Waals surface area contributed by atoms with Crippen molar-refractivity contribution < 1.29 is 21.2 Å². The number of hydrogen-bond acceptors (Lipinski definition) is 5. The number of sulfonamides is 2. The number of benzene rings is 1. The quantitative estimate of drug-likeness (QED) is 0.689. The van der Waals surface area contributed by atoms with Gasteiger partial charge in [-0.25, -0.2) is 21.2 Å². The highest BCUT2D eigenvalue weighted by Gasteiger charge is 2.35. The molecule has 6 nitrogen and oxygen atoms in total. The van der Waals surface area contributed by atoms with E-state index in [0.29, 0.717) is 3.79 Å². The summed E-state index contributed by atoms with van der Waals surface area (Å²) in [6.45, 7) is -0.0119. The molecule has 1 aromatic carbocycles. The molecule has 11 heteroatoms. The van der Waals surface area contributed by atoms with Gasteiger partial charge in [-0.2, -0.15) is 8.61 Å². The van der Waals surface area contributed by atoms with E-state index in [-0.39, 0.29) is 30.4 Å². The first kappa shape index (κ1) is 18.9. The van der Waals surface area contributed by atoms with Gasteiger partial charge >= 0.3 is 0 Å². The second-order valence-electron chi connectivity index (χ2n) is 5.30. The molecule has 2 heterocycles. The first-order valence-electron chi connectivity index (χ1n) is 7.23. The lowest BCUT2D eigenvalue weighted by molar-refractivity contribution is 0.272. The molecule has 0 saturated carbocycles. The molecule has 1 aliphatic heterocycles. The van der Waals surface area contributed by atoms with Crippen LogP contribution in [0.3, 0.4) is 0 Å². The number of rotatable bonds is 4. The van der Waals surface area contributed by atoms with Crippen LogP contribution in [0, 0.1) is 5.82 Å². The van der Waals surface area contributed by atoms with Gasteiger partial charge in [0.2, 0.25) is 10.0 Å². The lowest BCUT2D eigenvalue weighted by Gasteiger charge is -2.33. The van der Waals surface area contributed by atoms with Crippen LogP contribution in [-0.2, 0) is 20.0 Å². The van der Waals surface area contributed by atoms with Crippen molar-refractivity contribution in [1.82, 2.24) is 8.61 Å². The maximum absolute atomic E-state index is 13.8. The Hall–Kier alpha value is -0.850. The maximum Gasteiger partial charge on any atom is 0.252 e. The topological polar surface area (TPSA) is 74.8 Å². The van der Waals surface area contributed by atoms with E-state index in [2.05, 4.69) is 15.9 Å². The van der Waals surface area contributed by atoms with Gasteiger partial charge in [0.15, 0.2) is 0 Å². The van der Waals surface area contributed by atoms with Gasteiger partial charge in [0, 0.05) is 26.2 Å². The van der Waals surface area contributed by atoms with E-state index in [0.717, 1.165) is 21.7 Å². The highest BCUT2D eigenvalue weighted by Crippen LogP contribution is 2.29. The summed E-state index contributed by atoms with van der Waals surface area (Å²) in [6, 6.07) is 8.31. The van der Waals surface area contributed by atoms with Crippen LogP contribution < -0.4 is 0 Å². The van der Waals surface area contributed by atoms with Crippen LogP contribution in [0.25, 0.3) is 0 Å². The summed E-state index contributed by atoms with van der Waals surface area (Å²) in [7, 11) is -7.65. The average Bonchev–Trinajstić information content (AvgIpc) is 3.02. The van der Waals surface area contributed by atoms with Crippen molar-refractivity contribution in [3.63, 3.8) is 0 Å². The molecule has 136 valence electrons. The molecule has 0 radical (unpaired) electrons.